The summed E-state index contributed by atoms with van der Waals surface area (Å²) in [6.07, 6.45) is 7.62. The molecular formula is C24H34IN. The molecule has 26 heavy (non-hydrogen) atoms. The second-order valence-electron chi connectivity index (χ2n) is 7.31. The van der Waals surface area contributed by atoms with Crippen LogP contribution in [0.25, 0.3) is 5.57 Å². The van der Waals surface area contributed by atoms with Crippen LogP contribution in [0.2, 0.25) is 0 Å². The largest absolute Gasteiger partial charge is 1.00 e. The highest BCUT2D eigenvalue weighted by Crippen LogP contribution is 2.24. The van der Waals surface area contributed by atoms with Crippen LogP contribution in [0, 0.1) is 0 Å². The molecule has 0 aromatic heterocycles. The predicted octanol–water partition coefficient (Wildman–Crippen LogP) is 3.17. The van der Waals surface area contributed by atoms with Crippen LogP contribution >= 0.6 is 0 Å². The molecule has 0 atom stereocenters. The summed E-state index contributed by atoms with van der Waals surface area (Å²) in [5, 5.41) is 0. The van der Waals surface area contributed by atoms with Crippen LogP contribution in [0.5, 0.6) is 0 Å². The lowest BCUT2D eigenvalue weighted by Gasteiger charge is -2.34. The molecule has 0 aliphatic rings. The third-order valence-electron chi connectivity index (χ3n) is 5.01. The van der Waals surface area contributed by atoms with Gasteiger partial charge in [-0.2, -0.15) is 0 Å². The maximum absolute atomic E-state index is 2.47. The van der Waals surface area contributed by atoms with E-state index in [9.17, 15) is 0 Å². The molecule has 2 aromatic rings. The van der Waals surface area contributed by atoms with E-state index in [1.54, 1.807) is 0 Å². The molecule has 0 aliphatic carbocycles. The summed E-state index contributed by atoms with van der Waals surface area (Å²) in [6.45, 7) is 8.21. The number of hydrogen-bond donors (Lipinski definition) is 0. The average molecular weight is 463 g/mol. The zero-order valence-corrected chi connectivity index (χ0v) is 18.8. The van der Waals surface area contributed by atoms with Gasteiger partial charge in [0.2, 0.25) is 0 Å². The summed E-state index contributed by atoms with van der Waals surface area (Å²) in [4.78, 5) is 0. The summed E-state index contributed by atoms with van der Waals surface area (Å²) in [7, 11) is 2.43. The van der Waals surface area contributed by atoms with E-state index < -0.39 is 0 Å². The first kappa shape index (κ1) is 22.9. The maximum atomic E-state index is 2.47. The van der Waals surface area contributed by atoms with Gasteiger partial charge in [-0.25, -0.2) is 0 Å². The van der Waals surface area contributed by atoms with E-state index in [1.807, 2.05) is 0 Å². The van der Waals surface area contributed by atoms with Gasteiger partial charge in [0.25, 0.3) is 0 Å². The Balaban J connectivity index is 0.00000338. The van der Waals surface area contributed by atoms with Gasteiger partial charge in [0, 0.05) is 0 Å². The zero-order valence-electron chi connectivity index (χ0n) is 16.6. The Morgan fingerprint density at radius 2 is 1.19 bits per heavy atom. The second kappa shape index (κ2) is 12.3. The van der Waals surface area contributed by atoms with Crippen molar-refractivity contribution in [1.82, 2.24) is 0 Å². The van der Waals surface area contributed by atoms with Crippen LogP contribution in [0.1, 0.15) is 50.7 Å². The van der Waals surface area contributed by atoms with E-state index in [-0.39, 0.29) is 24.0 Å². The standard InChI is InChI=1S/C24H34N.HI/c1-4-6-19-25(3,20-7-5-2)21-18-24(22-14-10-8-11-15-22)23-16-12-9-13-17-23;/h8-18H,4-7,19-21H2,1-3H3;1H/q+1;/p-1. The van der Waals surface area contributed by atoms with Crippen molar-refractivity contribution in [1.29, 1.82) is 0 Å². The first-order chi connectivity index (χ1) is 12.2. The highest BCUT2D eigenvalue weighted by Gasteiger charge is 2.19. The lowest BCUT2D eigenvalue weighted by Crippen LogP contribution is -3.00. The normalized spacial score (nSPS) is 10.9. The summed E-state index contributed by atoms with van der Waals surface area (Å²) >= 11 is 0. The van der Waals surface area contributed by atoms with Crippen molar-refractivity contribution in [3.8, 4) is 0 Å². The Bertz CT molecular complexity index is 584. The highest BCUT2D eigenvalue weighted by molar-refractivity contribution is 5.79. The molecule has 0 spiro atoms. The molecule has 0 bridgehead atoms. The van der Waals surface area contributed by atoms with Crippen LogP contribution in [-0.4, -0.2) is 31.2 Å². The monoisotopic (exact) mass is 463 g/mol. The van der Waals surface area contributed by atoms with Crippen LogP contribution in [0.3, 0.4) is 0 Å². The van der Waals surface area contributed by atoms with Gasteiger partial charge in [0.15, 0.2) is 0 Å². The van der Waals surface area contributed by atoms with E-state index >= 15 is 0 Å². The van der Waals surface area contributed by atoms with Gasteiger partial charge in [-0.1, -0.05) is 87.4 Å². The molecule has 2 rings (SSSR count). The smallest absolute Gasteiger partial charge is 0.0980 e. The van der Waals surface area contributed by atoms with Crippen molar-refractivity contribution in [2.75, 3.05) is 26.7 Å². The minimum atomic E-state index is 0. The zero-order chi connectivity index (χ0) is 18.0. The highest BCUT2D eigenvalue weighted by atomic mass is 127. The van der Waals surface area contributed by atoms with Gasteiger partial charge in [0.1, 0.15) is 0 Å². The minimum Gasteiger partial charge on any atom is -1.00 e. The van der Waals surface area contributed by atoms with E-state index in [4.69, 9.17) is 0 Å². The fourth-order valence-electron chi connectivity index (χ4n) is 3.32. The number of halogens is 1. The van der Waals surface area contributed by atoms with E-state index in [0.29, 0.717) is 0 Å². The molecule has 0 unspecified atom stereocenters. The molecule has 0 fully saturated rings. The number of benzene rings is 2. The summed E-state index contributed by atoms with van der Waals surface area (Å²) in [5.41, 5.74) is 3.98. The predicted molar refractivity (Wildman–Crippen MR) is 111 cm³/mol. The molecule has 0 aliphatic heterocycles. The fourth-order valence-corrected chi connectivity index (χ4v) is 3.32. The summed E-state index contributed by atoms with van der Waals surface area (Å²) in [6, 6.07) is 21.6. The maximum Gasteiger partial charge on any atom is 0.0980 e. The van der Waals surface area contributed by atoms with Crippen LogP contribution in [-0.2, 0) is 0 Å². The summed E-state index contributed by atoms with van der Waals surface area (Å²) in [5.74, 6) is 0. The van der Waals surface area contributed by atoms with Crippen molar-refractivity contribution >= 4 is 5.57 Å². The van der Waals surface area contributed by atoms with Gasteiger partial charge in [0.05, 0.1) is 26.7 Å². The number of hydrogen-bond acceptors (Lipinski definition) is 0. The van der Waals surface area contributed by atoms with Crippen molar-refractivity contribution < 1.29 is 28.5 Å². The topological polar surface area (TPSA) is 0 Å². The molecule has 2 aromatic carbocycles. The van der Waals surface area contributed by atoms with Crippen molar-refractivity contribution in [2.24, 2.45) is 0 Å². The molecule has 2 heteroatoms. The lowest BCUT2D eigenvalue weighted by molar-refractivity contribution is -0.904. The van der Waals surface area contributed by atoms with Crippen molar-refractivity contribution in [2.45, 2.75) is 39.5 Å². The molecular weight excluding hydrogens is 429 g/mol. The molecule has 0 radical (unpaired) electrons. The molecule has 142 valence electrons. The third-order valence-corrected chi connectivity index (χ3v) is 5.01. The SMILES string of the molecule is CCCC[N+](C)(CC=C(c1ccccc1)c1ccccc1)CCCC.[I-]. The third kappa shape index (κ3) is 7.24. The molecule has 0 heterocycles. The second-order valence-corrected chi connectivity index (χ2v) is 7.31. The molecule has 1 nitrogen and oxygen atoms in total. The van der Waals surface area contributed by atoms with E-state index in [2.05, 4.69) is 87.6 Å². The van der Waals surface area contributed by atoms with Crippen molar-refractivity contribution in [3.05, 3.63) is 77.9 Å². The Morgan fingerprint density at radius 3 is 1.58 bits per heavy atom. The Kier molecular flexibility index (Phi) is 10.8. The minimum absolute atomic E-state index is 0. The van der Waals surface area contributed by atoms with Crippen molar-refractivity contribution in [3.63, 3.8) is 0 Å². The Hall–Kier alpha value is -1.13. The van der Waals surface area contributed by atoms with E-state index in [1.165, 1.54) is 55.5 Å². The quantitative estimate of drug-likeness (QED) is 0.375. The van der Waals surface area contributed by atoms with Gasteiger partial charge < -0.3 is 28.5 Å². The summed E-state index contributed by atoms with van der Waals surface area (Å²) < 4.78 is 1.14. The number of rotatable bonds is 10. The molecule has 0 amide bonds. The van der Waals surface area contributed by atoms with Gasteiger partial charge in [-0.15, -0.1) is 0 Å². The van der Waals surface area contributed by atoms with Gasteiger partial charge >= 0.3 is 0 Å². The average Bonchev–Trinajstić information content (AvgIpc) is 2.67. The molecule has 0 saturated heterocycles. The molecule has 0 saturated carbocycles. The number of nitrogens with zero attached hydrogens (tertiary/aromatic N) is 1. The number of unbranched alkanes of at least 4 members (excludes halogenated alkanes) is 2. The van der Waals surface area contributed by atoms with Crippen LogP contribution < -0.4 is 24.0 Å². The van der Waals surface area contributed by atoms with Gasteiger partial charge in [-0.05, 0) is 35.6 Å². The van der Waals surface area contributed by atoms with Gasteiger partial charge in [-0.3, -0.25) is 0 Å². The Labute approximate surface area is 177 Å². The first-order valence-electron chi connectivity index (χ1n) is 9.83. The van der Waals surface area contributed by atoms with Crippen LogP contribution in [0.4, 0.5) is 0 Å². The van der Waals surface area contributed by atoms with Crippen LogP contribution in [0.15, 0.2) is 66.7 Å². The molecule has 0 N–H and O–H groups in total. The number of quaternary nitrogens is 1. The fraction of sp³-hybridized carbons (Fsp3) is 0.417. The number of likely N-dealkylation sites (N-methyl/N-ethyl adjacent to an activating group) is 1. The van der Waals surface area contributed by atoms with E-state index in [0.717, 1.165) is 11.0 Å². The Morgan fingerprint density at radius 1 is 0.769 bits per heavy atom. The lowest BCUT2D eigenvalue weighted by atomic mass is 9.97. The first-order valence-corrected chi connectivity index (χ1v) is 9.83.